The van der Waals surface area contributed by atoms with E-state index in [1.165, 1.54) is 44.9 Å². The molecule has 0 aromatic heterocycles. The van der Waals surface area contributed by atoms with Crippen molar-refractivity contribution in [3.63, 3.8) is 0 Å². The Bertz CT molecular complexity index is 458. The SMILES string of the molecule is CC(C)CCCC(C)CCCC(C)CCCC(C)CCOP(=O)(O)O[PH](=O)O. The van der Waals surface area contributed by atoms with Crippen LogP contribution in [0.2, 0.25) is 0 Å². The van der Waals surface area contributed by atoms with Crippen molar-refractivity contribution < 1.29 is 27.8 Å². The van der Waals surface area contributed by atoms with Gasteiger partial charge in [0.2, 0.25) is 0 Å². The van der Waals surface area contributed by atoms with Crippen molar-refractivity contribution in [1.29, 1.82) is 0 Å². The third-order valence-electron chi connectivity index (χ3n) is 5.32. The zero-order chi connectivity index (χ0) is 21.6. The van der Waals surface area contributed by atoms with Gasteiger partial charge < -0.3 is 9.79 Å². The van der Waals surface area contributed by atoms with E-state index >= 15 is 0 Å². The number of rotatable bonds is 18. The van der Waals surface area contributed by atoms with Crippen molar-refractivity contribution in [3.8, 4) is 0 Å². The van der Waals surface area contributed by atoms with Crippen molar-refractivity contribution in [2.24, 2.45) is 23.7 Å². The summed E-state index contributed by atoms with van der Waals surface area (Å²) >= 11 is 0. The average Bonchev–Trinajstić information content (AvgIpc) is 2.53. The van der Waals surface area contributed by atoms with Crippen LogP contribution in [0, 0.1) is 23.7 Å². The smallest absolute Gasteiger partial charge is 0.326 e. The topological polar surface area (TPSA) is 93.1 Å². The van der Waals surface area contributed by atoms with Gasteiger partial charge in [-0.3, -0.25) is 9.09 Å². The maximum Gasteiger partial charge on any atom is 0.479 e. The first-order chi connectivity index (χ1) is 13.0. The normalized spacial score (nSPS) is 18.6. The Morgan fingerprint density at radius 3 is 1.57 bits per heavy atom. The molecule has 0 bridgehead atoms. The van der Waals surface area contributed by atoms with Gasteiger partial charge in [-0.25, -0.2) is 8.88 Å². The summed E-state index contributed by atoms with van der Waals surface area (Å²) in [5.74, 6) is 2.76. The molecule has 2 N–H and O–H groups in total. The molecule has 0 saturated carbocycles. The fraction of sp³-hybridized carbons (Fsp3) is 1.00. The van der Waals surface area contributed by atoms with Crippen LogP contribution in [-0.4, -0.2) is 16.4 Å². The van der Waals surface area contributed by atoms with E-state index in [0.717, 1.165) is 30.6 Å². The van der Waals surface area contributed by atoms with Crippen LogP contribution >= 0.6 is 16.1 Å². The second-order valence-electron chi connectivity index (χ2n) is 8.95. The van der Waals surface area contributed by atoms with Gasteiger partial charge in [0.15, 0.2) is 0 Å². The molecule has 5 unspecified atom stereocenters. The molecule has 8 heteroatoms. The summed E-state index contributed by atoms with van der Waals surface area (Å²) in [6.45, 7) is 11.4. The van der Waals surface area contributed by atoms with Crippen LogP contribution in [0.4, 0.5) is 0 Å². The minimum Gasteiger partial charge on any atom is -0.326 e. The molecular formula is C20H44O6P2. The van der Waals surface area contributed by atoms with Crippen LogP contribution in [0.3, 0.4) is 0 Å². The number of hydrogen-bond acceptors (Lipinski definition) is 4. The molecule has 0 aliphatic carbocycles. The summed E-state index contributed by atoms with van der Waals surface area (Å²) in [6, 6.07) is 0. The molecule has 0 saturated heterocycles. The van der Waals surface area contributed by atoms with Gasteiger partial charge in [0, 0.05) is 0 Å². The maximum absolute atomic E-state index is 11.3. The highest BCUT2D eigenvalue weighted by atomic mass is 31.2. The molecule has 0 rings (SSSR count). The van der Waals surface area contributed by atoms with E-state index in [0.29, 0.717) is 12.3 Å². The summed E-state index contributed by atoms with van der Waals surface area (Å²) < 4.78 is 30.5. The summed E-state index contributed by atoms with van der Waals surface area (Å²) in [5.41, 5.74) is 0. The van der Waals surface area contributed by atoms with Gasteiger partial charge in [0.25, 0.3) is 0 Å². The number of phosphoric ester groups is 1. The molecule has 5 atom stereocenters. The van der Waals surface area contributed by atoms with Crippen LogP contribution in [-0.2, 0) is 18.0 Å². The Balaban J connectivity index is 3.70. The zero-order valence-corrected chi connectivity index (χ0v) is 20.5. The lowest BCUT2D eigenvalue weighted by molar-refractivity contribution is 0.187. The Morgan fingerprint density at radius 2 is 1.18 bits per heavy atom. The fourth-order valence-electron chi connectivity index (χ4n) is 3.43. The number of phosphoric acid groups is 1. The maximum atomic E-state index is 11.3. The van der Waals surface area contributed by atoms with E-state index in [9.17, 15) is 14.0 Å². The predicted octanol–water partition coefficient (Wildman–Crippen LogP) is 6.97. The third-order valence-corrected chi connectivity index (χ3v) is 7.38. The Kier molecular flexibility index (Phi) is 16.2. The number of hydrogen-bond donors (Lipinski definition) is 2. The molecule has 0 heterocycles. The van der Waals surface area contributed by atoms with E-state index in [1.807, 2.05) is 0 Å². The van der Waals surface area contributed by atoms with E-state index in [2.05, 4.69) is 38.9 Å². The molecular weight excluding hydrogens is 398 g/mol. The van der Waals surface area contributed by atoms with Crippen molar-refractivity contribution in [2.45, 2.75) is 98.8 Å². The van der Waals surface area contributed by atoms with E-state index in [4.69, 9.17) is 9.42 Å². The molecule has 6 nitrogen and oxygen atoms in total. The lowest BCUT2D eigenvalue weighted by atomic mass is 9.91. The first-order valence-corrected chi connectivity index (χ1v) is 13.7. The predicted molar refractivity (Wildman–Crippen MR) is 117 cm³/mol. The third kappa shape index (κ3) is 18.3. The molecule has 0 radical (unpaired) electrons. The summed E-state index contributed by atoms with van der Waals surface area (Å²) in [7, 11) is -7.87. The lowest BCUT2D eigenvalue weighted by Crippen LogP contribution is -2.03. The van der Waals surface area contributed by atoms with Crippen molar-refractivity contribution >= 4 is 16.1 Å². The van der Waals surface area contributed by atoms with Gasteiger partial charge in [-0.1, -0.05) is 92.4 Å². The first-order valence-electron chi connectivity index (χ1n) is 10.9. The standard InChI is InChI=1S/C20H44O6P2/c1-17(2)9-6-10-18(3)11-7-12-19(4)13-8-14-20(5)15-16-25-28(23,24)26-27(21)22/h17-20,27H,6-16H2,1-5H3,(H,21,22)(H,23,24). The highest BCUT2D eigenvalue weighted by Gasteiger charge is 2.23. The molecule has 0 fully saturated rings. The average molecular weight is 443 g/mol. The van der Waals surface area contributed by atoms with Gasteiger partial charge in [-0.05, 0) is 30.1 Å². The van der Waals surface area contributed by atoms with Gasteiger partial charge >= 0.3 is 16.1 Å². The lowest BCUT2D eigenvalue weighted by Gasteiger charge is -2.16. The van der Waals surface area contributed by atoms with Gasteiger partial charge in [0.05, 0.1) is 6.61 Å². The second kappa shape index (κ2) is 16.1. The molecule has 0 aliphatic rings. The van der Waals surface area contributed by atoms with Crippen molar-refractivity contribution in [3.05, 3.63) is 0 Å². The van der Waals surface area contributed by atoms with Crippen molar-refractivity contribution in [1.82, 2.24) is 0 Å². The molecule has 28 heavy (non-hydrogen) atoms. The summed E-state index contributed by atoms with van der Waals surface area (Å²) in [4.78, 5) is 17.7. The largest absolute Gasteiger partial charge is 0.479 e. The zero-order valence-electron chi connectivity index (χ0n) is 18.6. The molecule has 0 aromatic rings. The van der Waals surface area contributed by atoms with Crippen LogP contribution in [0.1, 0.15) is 98.8 Å². The van der Waals surface area contributed by atoms with E-state index < -0.39 is 16.1 Å². The van der Waals surface area contributed by atoms with Gasteiger partial charge in [-0.15, -0.1) is 0 Å². The summed E-state index contributed by atoms with van der Waals surface area (Å²) in [5, 5.41) is 0. The monoisotopic (exact) mass is 442 g/mol. The fourth-order valence-corrected chi connectivity index (χ4v) is 4.77. The Hall–Kier alpha value is 0.300. The molecule has 0 spiro atoms. The minimum atomic E-state index is -4.40. The highest BCUT2D eigenvalue weighted by molar-refractivity contribution is 7.55. The molecule has 0 amide bonds. The van der Waals surface area contributed by atoms with Gasteiger partial charge in [0.1, 0.15) is 0 Å². The van der Waals surface area contributed by atoms with Crippen LogP contribution in [0.5, 0.6) is 0 Å². The van der Waals surface area contributed by atoms with Gasteiger partial charge in [-0.2, -0.15) is 0 Å². The molecule has 0 aliphatic heterocycles. The van der Waals surface area contributed by atoms with E-state index in [1.54, 1.807) is 0 Å². The molecule has 170 valence electrons. The van der Waals surface area contributed by atoms with Crippen LogP contribution < -0.4 is 0 Å². The quantitative estimate of drug-likeness (QED) is 0.223. The highest BCUT2D eigenvalue weighted by Crippen LogP contribution is 2.50. The van der Waals surface area contributed by atoms with Crippen LogP contribution in [0.25, 0.3) is 0 Å². The molecule has 0 aromatic carbocycles. The minimum absolute atomic E-state index is 0.0499. The van der Waals surface area contributed by atoms with Crippen LogP contribution in [0.15, 0.2) is 0 Å². The van der Waals surface area contributed by atoms with Crippen molar-refractivity contribution in [2.75, 3.05) is 6.61 Å². The first kappa shape index (κ1) is 28.3. The summed E-state index contributed by atoms with van der Waals surface area (Å²) in [6.07, 6.45) is 12.0. The second-order valence-corrected chi connectivity index (χ2v) is 11.4. The van der Waals surface area contributed by atoms with E-state index in [-0.39, 0.29) is 6.61 Å². The Labute approximate surface area is 173 Å². The Morgan fingerprint density at radius 1 is 0.786 bits per heavy atom.